The van der Waals surface area contributed by atoms with Crippen molar-refractivity contribution >= 4 is 17.5 Å². The third kappa shape index (κ3) is 2.96. The predicted molar refractivity (Wildman–Crippen MR) is 74.9 cm³/mol. The molecule has 1 saturated carbocycles. The molecule has 0 atom stereocenters. The molecule has 1 aliphatic rings. The average Bonchev–Trinajstić information content (AvgIpc) is 2.36. The van der Waals surface area contributed by atoms with Gasteiger partial charge in [0.2, 0.25) is 11.8 Å². The van der Waals surface area contributed by atoms with E-state index in [9.17, 15) is 15.2 Å². The number of nitrogens with zero attached hydrogens (tertiary/aromatic N) is 4. The maximum Gasteiger partial charge on any atom is 0.329 e. The maximum absolute atomic E-state index is 11.1. The second-order valence-electron chi connectivity index (χ2n) is 4.69. The van der Waals surface area contributed by atoms with Crippen molar-refractivity contribution in [3.63, 3.8) is 0 Å². The molecule has 0 unspecified atom stereocenters. The molecule has 1 aromatic heterocycles. The Morgan fingerprint density at radius 3 is 2.85 bits per heavy atom. The smallest absolute Gasteiger partial charge is 0.329 e. The van der Waals surface area contributed by atoms with Crippen LogP contribution < -0.4 is 10.2 Å². The number of nitro groups is 1. The number of aliphatic hydroxyl groups excluding tert-OH is 1. The fourth-order valence-corrected chi connectivity index (χ4v) is 2.22. The number of aromatic nitrogens is 2. The van der Waals surface area contributed by atoms with Crippen LogP contribution in [-0.2, 0) is 0 Å². The first-order valence-corrected chi connectivity index (χ1v) is 6.80. The standard InChI is InChI=1S/C12H19N5O3/c1-2-13-12-14-8-10(17(19)20)11(15-12)16(6-7-18)9-4-3-5-9/h8-9,18H,2-7H2,1H3,(H,13,14,15). The number of nitrogens with one attached hydrogen (secondary N) is 1. The molecule has 8 heteroatoms. The molecule has 20 heavy (non-hydrogen) atoms. The van der Waals surface area contributed by atoms with Crippen molar-refractivity contribution in [2.24, 2.45) is 0 Å². The van der Waals surface area contributed by atoms with Gasteiger partial charge in [-0.25, -0.2) is 4.98 Å². The van der Waals surface area contributed by atoms with E-state index in [0.717, 1.165) is 19.3 Å². The predicted octanol–water partition coefficient (Wildman–Crippen LogP) is 1.17. The molecule has 110 valence electrons. The quantitative estimate of drug-likeness (QED) is 0.571. The van der Waals surface area contributed by atoms with Gasteiger partial charge in [0.15, 0.2) is 0 Å². The van der Waals surface area contributed by atoms with Gasteiger partial charge in [0.1, 0.15) is 6.20 Å². The largest absolute Gasteiger partial charge is 0.395 e. The SMILES string of the molecule is CCNc1ncc([N+](=O)[O-])c(N(CCO)C2CCC2)n1. The van der Waals surface area contributed by atoms with E-state index in [2.05, 4.69) is 15.3 Å². The highest BCUT2D eigenvalue weighted by Crippen LogP contribution is 2.33. The number of hydrogen-bond donors (Lipinski definition) is 2. The molecule has 0 aliphatic heterocycles. The Kier molecular flexibility index (Phi) is 4.67. The third-order valence-electron chi connectivity index (χ3n) is 3.41. The van der Waals surface area contributed by atoms with E-state index >= 15 is 0 Å². The minimum Gasteiger partial charge on any atom is -0.395 e. The zero-order valence-electron chi connectivity index (χ0n) is 11.4. The average molecular weight is 281 g/mol. The first-order chi connectivity index (χ1) is 9.67. The van der Waals surface area contributed by atoms with Crippen molar-refractivity contribution in [1.29, 1.82) is 0 Å². The van der Waals surface area contributed by atoms with Gasteiger partial charge in [0, 0.05) is 19.1 Å². The number of rotatable bonds is 7. The van der Waals surface area contributed by atoms with Gasteiger partial charge in [-0.2, -0.15) is 4.98 Å². The lowest BCUT2D eigenvalue weighted by Crippen LogP contribution is -2.42. The van der Waals surface area contributed by atoms with E-state index < -0.39 is 4.92 Å². The van der Waals surface area contributed by atoms with Crippen LogP contribution in [0.5, 0.6) is 0 Å². The van der Waals surface area contributed by atoms with Gasteiger partial charge in [-0.1, -0.05) is 0 Å². The van der Waals surface area contributed by atoms with E-state index in [4.69, 9.17) is 0 Å². The van der Waals surface area contributed by atoms with E-state index in [1.165, 1.54) is 6.20 Å². The molecule has 1 aliphatic carbocycles. The highest BCUT2D eigenvalue weighted by atomic mass is 16.6. The molecule has 1 fully saturated rings. The normalized spacial score (nSPS) is 14.7. The molecule has 2 rings (SSSR count). The van der Waals surface area contributed by atoms with Crippen molar-refractivity contribution in [2.45, 2.75) is 32.2 Å². The van der Waals surface area contributed by atoms with Crippen molar-refractivity contribution in [3.8, 4) is 0 Å². The summed E-state index contributed by atoms with van der Waals surface area (Å²) >= 11 is 0. The van der Waals surface area contributed by atoms with Gasteiger partial charge in [-0.05, 0) is 26.2 Å². The molecule has 0 spiro atoms. The van der Waals surface area contributed by atoms with Gasteiger partial charge < -0.3 is 15.3 Å². The topological polar surface area (TPSA) is 104 Å². The van der Waals surface area contributed by atoms with Gasteiger partial charge in [-0.3, -0.25) is 10.1 Å². The monoisotopic (exact) mass is 281 g/mol. The Bertz CT molecular complexity index is 478. The number of anilines is 2. The summed E-state index contributed by atoms with van der Waals surface area (Å²) in [6.07, 6.45) is 4.27. The van der Waals surface area contributed by atoms with Gasteiger partial charge in [-0.15, -0.1) is 0 Å². The molecule has 1 aromatic rings. The molecule has 0 saturated heterocycles. The molecular weight excluding hydrogens is 262 g/mol. The first-order valence-electron chi connectivity index (χ1n) is 6.80. The summed E-state index contributed by atoms with van der Waals surface area (Å²) in [5.41, 5.74) is -0.119. The van der Waals surface area contributed by atoms with E-state index in [1.54, 1.807) is 0 Å². The van der Waals surface area contributed by atoms with E-state index in [1.807, 2.05) is 11.8 Å². The van der Waals surface area contributed by atoms with Crippen LogP contribution in [0.1, 0.15) is 26.2 Å². The zero-order valence-corrected chi connectivity index (χ0v) is 11.4. The molecular formula is C12H19N5O3. The van der Waals surface area contributed by atoms with Crippen LogP contribution >= 0.6 is 0 Å². The molecule has 0 radical (unpaired) electrons. The molecule has 0 amide bonds. The van der Waals surface area contributed by atoms with Crippen LogP contribution in [0.2, 0.25) is 0 Å². The van der Waals surface area contributed by atoms with Crippen LogP contribution in [0, 0.1) is 10.1 Å². The summed E-state index contributed by atoms with van der Waals surface area (Å²) in [5, 5.41) is 23.3. The summed E-state index contributed by atoms with van der Waals surface area (Å²) < 4.78 is 0. The van der Waals surface area contributed by atoms with Crippen LogP contribution in [-0.4, -0.2) is 45.7 Å². The minimum absolute atomic E-state index is 0.0613. The minimum atomic E-state index is -0.478. The number of aliphatic hydroxyl groups is 1. The Morgan fingerprint density at radius 1 is 1.60 bits per heavy atom. The highest BCUT2D eigenvalue weighted by molar-refractivity contribution is 5.59. The highest BCUT2D eigenvalue weighted by Gasteiger charge is 2.31. The summed E-state index contributed by atoms with van der Waals surface area (Å²) in [6.45, 7) is 2.82. The lowest BCUT2D eigenvalue weighted by atomic mass is 9.91. The maximum atomic E-state index is 11.1. The van der Waals surface area contributed by atoms with Crippen LogP contribution in [0.15, 0.2) is 6.20 Å². The molecule has 8 nitrogen and oxygen atoms in total. The van der Waals surface area contributed by atoms with Crippen LogP contribution in [0.25, 0.3) is 0 Å². The van der Waals surface area contributed by atoms with Crippen molar-refractivity contribution in [3.05, 3.63) is 16.3 Å². The van der Waals surface area contributed by atoms with E-state index in [-0.39, 0.29) is 18.3 Å². The third-order valence-corrected chi connectivity index (χ3v) is 3.41. The molecule has 1 heterocycles. The van der Waals surface area contributed by atoms with Crippen molar-refractivity contribution in [2.75, 3.05) is 29.9 Å². The van der Waals surface area contributed by atoms with Crippen molar-refractivity contribution < 1.29 is 10.0 Å². The first kappa shape index (κ1) is 14.4. The summed E-state index contributed by atoms with van der Waals surface area (Å²) in [7, 11) is 0. The fourth-order valence-electron chi connectivity index (χ4n) is 2.22. The summed E-state index contributed by atoms with van der Waals surface area (Å²) in [6, 6.07) is 0.213. The van der Waals surface area contributed by atoms with Crippen LogP contribution in [0.3, 0.4) is 0 Å². The number of hydrogen-bond acceptors (Lipinski definition) is 7. The lowest BCUT2D eigenvalue weighted by Gasteiger charge is -2.37. The van der Waals surface area contributed by atoms with E-state index in [0.29, 0.717) is 24.9 Å². The summed E-state index contributed by atoms with van der Waals surface area (Å²) in [5.74, 6) is 0.662. The Morgan fingerprint density at radius 2 is 2.35 bits per heavy atom. The fraction of sp³-hybridized carbons (Fsp3) is 0.667. The Balaban J connectivity index is 2.37. The Hall–Kier alpha value is -1.96. The molecule has 2 N–H and O–H groups in total. The Labute approximate surface area is 117 Å². The van der Waals surface area contributed by atoms with Gasteiger partial charge >= 0.3 is 5.69 Å². The summed E-state index contributed by atoms with van der Waals surface area (Å²) in [4.78, 5) is 20.7. The molecule has 0 bridgehead atoms. The van der Waals surface area contributed by atoms with Gasteiger partial charge in [0.05, 0.1) is 11.5 Å². The van der Waals surface area contributed by atoms with Gasteiger partial charge in [0.25, 0.3) is 0 Å². The van der Waals surface area contributed by atoms with Crippen LogP contribution in [0.4, 0.5) is 17.5 Å². The second-order valence-corrected chi connectivity index (χ2v) is 4.69. The van der Waals surface area contributed by atoms with Crippen molar-refractivity contribution in [1.82, 2.24) is 9.97 Å². The zero-order chi connectivity index (χ0) is 14.5. The molecule has 0 aromatic carbocycles. The second kappa shape index (κ2) is 6.47. The lowest BCUT2D eigenvalue weighted by molar-refractivity contribution is -0.384.